The maximum Gasteiger partial charge on any atom is 0.268 e. The Hall–Kier alpha value is -7.33. The molecule has 0 saturated carbocycles. The molecule has 0 amide bonds. The summed E-state index contributed by atoms with van der Waals surface area (Å²) in [5.41, 5.74) is 9.37. The summed E-state index contributed by atoms with van der Waals surface area (Å²) in [4.78, 5) is 5.20. The van der Waals surface area contributed by atoms with Crippen molar-refractivity contribution in [3.63, 3.8) is 0 Å². The Morgan fingerprint density at radius 3 is 1.92 bits per heavy atom. The molecule has 0 unspecified atom stereocenters. The van der Waals surface area contributed by atoms with Gasteiger partial charge < -0.3 is 13.9 Å². The fourth-order valence-corrected chi connectivity index (χ4v) is 9.42. The first-order valence-electron chi connectivity index (χ1n) is 29.0. The number of fused-ring (bicyclic) bond motifs is 4. The molecule has 0 spiro atoms. The Morgan fingerprint density at radius 1 is 0.611 bits per heavy atom. The van der Waals surface area contributed by atoms with Gasteiger partial charge in [0.05, 0.1) is 30.4 Å². The van der Waals surface area contributed by atoms with Crippen LogP contribution < -0.4 is 9.30 Å². The summed E-state index contributed by atoms with van der Waals surface area (Å²) in [5, 5.41) is 2.05. The predicted molar refractivity (Wildman–Crippen MR) is 292 cm³/mol. The van der Waals surface area contributed by atoms with Gasteiger partial charge in [0, 0.05) is 49.8 Å². The number of para-hydroxylation sites is 3. The van der Waals surface area contributed by atoms with Crippen LogP contribution in [0.5, 0.6) is 11.5 Å². The van der Waals surface area contributed by atoms with Gasteiger partial charge in [0.15, 0.2) is 0 Å². The van der Waals surface area contributed by atoms with Crippen LogP contribution >= 0.6 is 0 Å². The van der Waals surface area contributed by atoms with Gasteiger partial charge in [0.1, 0.15) is 5.82 Å². The number of ether oxygens (including phenoxy) is 1. The largest absolute Gasteiger partial charge is 0.510 e. The minimum Gasteiger partial charge on any atom is -0.510 e. The number of nitrogens with zero attached hydrogens (tertiary/aromatic N) is 4. The van der Waals surface area contributed by atoms with Gasteiger partial charge in [-0.25, -0.2) is 4.98 Å². The molecule has 0 fully saturated rings. The van der Waals surface area contributed by atoms with Gasteiger partial charge in [-0.2, -0.15) is 18.2 Å². The van der Waals surface area contributed by atoms with Crippen LogP contribution in [0.1, 0.15) is 85.8 Å². The normalized spacial score (nSPS) is 13.9. The maximum absolute atomic E-state index is 9.07. The molecule has 0 aliphatic rings. The second kappa shape index (κ2) is 19.4. The van der Waals surface area contributed by atoms with Crippen molar-refractivity contribution in [2.75, 3.05) is 0 Å². The van der Waals surface area contributed by atoms with E-state index < -0.39 is 60.4 Å². The molecular weight excluding hydrogens is 1060 g/mol. The molecule has 360 valence electrons. The maximum atomic E-state index is 9.07. The molecule has 3 aromatic heterocycles. The van der Waals surface area contributed by atoms with E-state index in [4.69, 9.17) is 23.4 Å². The predicted octanol–water partition coefficient (Wildman–Crippen LogP) is 16.4. The summed E-state index contributed by atoms with van der Waals surface area (Å²) in [6, 6.07) is 41.0. The van der Waals surface area contributed by atoms with Crippen LogP contribution in [0.15, 0.2) is 188 Å². The van der Waals surface area contributed by atoms with Crippen molar-refractivity contribution in [2.45, 2.75) is 72.6 Å². The average molecular weight is 1130 g/mol. The van der Waals surface area contributed by atoms with Crippen molar-refractivity contribution >= 4 is 32.8 Å². The summed E-state index contributed by atoms with van der Waals surface area (Å²) in [6.45, 7) is 17.8. The fourth-order valence-electron chi connectivity index (χ4n) is 9.42. The number of benzene rings is 8. The van der Waals surface area contributed by atoms with Gasteiger partial charge in [-0.1, -0.05) is 200 Å². The van der Waals surface area contributed by atoms with E-state index in [1.807, 2.05) is 48.7 Å². The summed E-state index contributed by atoms with van der Waals surface area (Å²) < 4.78 is 99.8. The third kappa shape index (κ3) is 9.23. The fraction of sp³-hybridized carbons (Fsp3) is 0.182. The molecule has 0 atom stereocenters. The zero-order chi connectivity index (χ0) is 57.7. The first kappa shape index (κ1) is 37.4. The standard InChI is InChI=1S/C66H58N4O.Pt/c1-44(2)37-48-38-63(67-42-58(48)47-29-31-49(32-30-47)65(3,4)5)70-59-36-33-50(66(6,7)8)39-57(59)56-35-34-53(41-62(56)70)71-52-24-17-23-51(40-52)68-43-69(61-28-16-15-27-60(61)68)64-54(45-19-11-9-12-20-45)25-18-26-55(64)46-21-13-10-14-22-46;/h9-36,38-39,42,44H,37H2,1-8H3;/q-2;/i9D,10D,11D,12D,13D,14D,19D,20D,21D,22D;. The van der Waals surface area contributed by atoms with Crippen molar-refractivity contribution in [2.24, 2.45) is 5.92 Å². The number of imidazole rings is 1. The molecule has 0 saturated heterocycles. The van der Waals surface area contributed by atoms with Crippen molar-refractivity contribution in [3.8, 4) is 62.1 Å². The summed E-state index contributed by atoms with van der Waals surface area (Å²) in [7, 11) is 0. The van der Waals surface area contributed by atoms with E-state index in [0.29, 0.717) is 34.1 Å². The summed E-state index contributed by atoms with van der Waals surface area (Å²) in [5.74, 6) is 1.93. The smallest absolute Gasteiger partial charge is 0.268 e. The Bertz CT molecular complexity index is 4220. The third-order valence-electron chi connectivity index (χ3n) is 13.0. The van der Waals surface area contributed by atoms with E-state index >= 15 is 0 Å². The number of aromatic nitrogens is 4. The molecule has 8 aromatic carbocycles. The Morgan fingerprint density at radius 2 is 1.25 bits per heavy atom. The van der Waals surface area contributed by atoms with E-state index in [-0.39, 0.29) is 59.8 Å². The van der Waals surface area contributed by atoms with E-state index in [1.54, 1.807) is 33.4 Å². The minimum atomic E-state index is -0.573. The van der Waals surface area contributed by atoms with Gasteiger partial charge in [-0.3, -0.25) is 4.57 Å². The van der Waals surface area contributed by atoms with Gasteiger partial charge in [0.2, 0.25) is 0 Å². The molecule has 3 heterocycles. The van der Waals surface area contributed by atoms with Gasteiger partial charge in [-0.05, 0) is 90.9 Å². The van der Waals surface area contributed by atoms with E-state index in [9.17, 15) is 0 Å². The second-order valence-corrected chi connectivity index (χ2v) is 20.5. The Kier molecular flexibility index (Phi) is 10.1. The van der Waals surface area contributed by atoms with Crippen LogP contribution in [0.25, 0.3) is 83.4 Å². The molecule has 11 rings (SSSR count). The van der Waals surface area contributed by atoms with Crippen LogP contribution in [0.3, 0.4) is 0 Å². The number of rotatable bonds is 10. The van der Waals surface area contributed by atoms with E-state index in [2.05, 4.69) is 133 Å². The first-order chi connectivity index (χ1) is 38.4. The Balaban J connectivity index is 0.00000753. The minimum absolute atomic E-state index is 0. The van der Waals surface area contributed by atoms with E-state index in [1.165, 1.54) is 16.7 Å². The molecule has 0 N–H and O–H groups in total. The van der Waals surface area contributed by atoms with Crippen molar-refractivity contribution in [3.05, 3.63) is 223 Å². The van der Waals surface area contributed by atoms with Crippen molar-refractivity contribution < 1.29 is 44.1 Å². The van der Waals surface area contributed by atoms with Crippen LogP contribution in [0, 0.1) is 24.4 Å². The average Bonchev–Trinajstić information content (AvgIpc) is 2.51. The van der Waals surface area contributed by atoms with Crippen molar-refractivity contribution in [1.29, 1.82) is 0 Å². The monoisotopic (exact) mass is 1130 g/mol. The van der Waals surface area contributed by atoms with Crippen LogP contribution in [0.2, 0.25) is 0 Å². The number of hydrogen-bond donors (Lipinski definition) is 0. The topological polar surface area (TPSA) is 35.9 Å². The number of hydrogen-bond acceptors (Lipinski definition) is 2. The molecule has 6 heteroatoms. The Labute approximate surface area is 452 Å². The zero-order valence-electron chi connectivity index (χ0n) is 51.4. The second-order valence-electron chi connectivity index (χ2n) is 20.5. The van der Waals surface area contributed by atoms with Gasteiger partial charge in [0.25, 0.3) is 6.33 Å². The molecule has 11 aromatic rings. The molecule has 0 bridgehead atoms. The van der Waals surface area contributed by atoms with Crippen LogP contribution in [-0.2, 0) is 38.3 Å². The molecular formula is C66H58N4OPt-2. The quantitative estimate of drug-likeness (QED) is 0.101. The zero-order valence-corrected chi connectivity index (χ0v) is 43.7. The van der Waals surface area contributed by atoms with Crippen molar-refractivity contribution in [1.82, 2.24) is 14.1 Å². The molecule has 72 heavy (non-hydrogen) atoms. The molecule has 5 nitrogen and oxygen atoms in total. The van der Waals surface area contributed by atoms with E-state index in [0.717, 1.165) is 45.2 Å². The van der Waals surface area contributed by atoms with Gasteiger partial charge >= 0.3 is 0 Å². The number of pyridine rings is 1. The summed E-state index contributed by atoms with van der Waals surface area (Å²) >= 11 is 0. The van der Waals surface area contributed by atoms with Crippen LogP contribution in [0.4, 0.5) is 0 Å². The summed E-state index contributed by atoms with van der Waals surface area (Å²) in [6.07, 6.45) is 6.28. The SMILES string of the molecule is [2H]c1c([2H])c([2H])c(-c2cccc(-c3c([2H])c([2H])c([2H])c([2H])c3[2H])c2-[n+]2[c-]n(-c3[c-]c(Oc4[c-]c5c(cc4)c4cc(C(C)(C)C)ccc4n5-c4cc(CC(C)C)c(-c5ccc(C(C)(C)C)cc5)cn4)ccc3)c3ccccc32)c([2H])c1[2H].[Pt]. The van der Waals surface area contributed by atoms with Crippen LogP contribution in [-0.4, -0.2) is 14.1 Å². The van der Waals surface area contributed by atoms with Gasteiger partial charge in [-0.15, -0.1) is 29.7 Å². The molecule has 0 aliphatic heterocycles. The molecule has 0 aliphatic carbocycles. The third-order valence-corrected chi connectivity index (χ3v) is 13.0. The molecule has 0 radical (unpaired) electrons. The first-order valence-corrected chi connectivity index (χ1v) is 24.0.